The maximum absolute atomic E-state index is 6.05. The molecule has 1 unspecified atom stereocenters. The lowest BCUT2D eigenvalue weighted by molar-refractivity contribution is -0.00549. The molecule has 3 rings (SSSR count). The van der Waals surface area contributed by atoms with Crippen LogP contribution in [-0.2, 0) is 11.2 Å². The first-order valence-electron chi connectivity index (χ1n) is 7.46. The van der Waals surface area contributed by atoms with E-state index in [-0.39, 0.29) is 6.04 Å². The van der Waals surface area contributed by atoms with Crippen molar-refractivity contribution in [3.8, 4) is 0 Å². The topological polar surface area (TPSA) is 74.2 Å². The van der Waals surface area contributed by atoms with E-state index in [9.17, 15) is 0 Å². The zero-order valence-electron chi connectivity index (χ0n) is 12.3. The van der Waals surface area contributed by atoms with Gasteiger partial charge in [-0.3, -0.25) is 0 Å². The van der Waals surface area contributed by atoms with E-state index >= 15 is 0 Å². The molecule has 5 nitrogen and oxygen atoms in total. The average molecular weight is 287 g/mol. The van der Waals surface area contributed by atoms with Crippen LogP contribution >= 0.6 is 0 Å². The zero-order chi connectivity index (χ0) is 14.7. The van der Waals surface area contributed by atoms with Crippen LogP contribution in [0.1, 0.15) is 48.1 Å². The second-order valence-corrected chi connectivity index (χ2v) is 5.64. The summed E-state index contributed by atoms with van der Waals surface area (Å²) in [7, 11) is 0. The lowest BCUT2D eigenvalue weighted by Gasteiger charge is -2.26. The van der Waals surface area contributed by atoms with E-state index in [1.165, 1.54) is 17.5 Å². The van der Waals surface area contributed by atoms with Gasteiger partial charge < -0.3 is 15.0 Å². The molecule has 0 spiro atoms. The monoisotopic (exact) mass is 287 g/mol. The van der Waals surface area contributed by atoms with Crippen molar-refractivity contribution in [3.63, 3.8) is 0 Å². The molecule has 1 saturated carbocycles. The van der Waals surface area contributed by atoms with Crippen LogP contribution in [0.25, 0.3) is 0 Å². The van der Waals surface area contributed by atoms with Crippen LogP contribution < -0.4 is 5.73 Å². The van der Waals surface area contributed by atoms with Crippen molar-refractivity contribution < 1.29 is 9.26 Å². The van der Waals surface area contributed by atoms with Crippen molar-refractivity contribution in [1.29, 1.82) is 0 Å². The van der Waals surface area contributed by atoms with Crippen molar-refractivity contribution >= 4 is 0 Å². The molecular formula is C16H21N3O2. The van der Waals surface area contributed by atoms with Crippen LogP contribution in [0.3, 0.4) is 0 Å². The number of nitrogens with two attached hydrogens (primary N) is 1. The van der Waals surface area contributed by atoms with Gasteiger partial charge in [0.25, 0.3) is 0 Å². The fourth-order valence-electron chi connectivity index (χ4n) is 2.31. The quantitative estimate of drug-likeness (QED) is 0.883. The van der Waals surface area contributed by atoms with Gasteiger partial charge in [-0.2, -0.15) is 4.98 Å². The molecule has 1 heterocycles. The molecule has 0 radical (unpaired) electrons. The Hall–Kier alpha value is -1.72. The van der Waals surface area contributed by atoms with Crippen molar-refractivity contribution in [3.05, 3.63) is 47.1 Å². The van der Waals surface area contributed by atoms with E-state index < -0.39 is 0 Å². The minimum atomic E-state index is -0.319. The number of ether oxygens (including phenoxy) is 1. The van der Waals surface area contributed by atoms with Crippen molar-refractivity contribution in [2.75, 3.05) is 6.61 Å². The van der Waals surface area contributed by atoms with Crippen LogP contribution in [0.5, 0.6) is 0 Å². The number of rotatable bonds is 6. The van der Waals surface area contributed by atoms with Crippen LogP contribution in [0.15, 0.2) is 28.8 Å². The van der Waals surface area contributed by atoms with Crippen LogP contribution in [0.2, 0.25) is 0 Å². The summed E-state index contributed by atoms with van der Waals surface area (Å²) in [6.07, 6.45) is 4.53. The molecule has 2 N–H and O–H groups in total. The van der Waals surface area contributed by atoms with E-state index in [1.54, 1.807) is 0 Å². The molecular weight excluding hydrogens is 266 g/mol. The fraction of sp³-hybridized carbons (Fsp3) is 0.500. The predicted octanol–water partition coefficient (Wildman–Crippen LogP) is 2.54. The summed E-state index contributed by atoms with van der Waals surface area (Å²) in [5, 5.41) is 3.97. The summed E-state index contributed by atoms with van der Waals surface area (Å²) in [6, 6.07) is 7.85. The van der Waals surface area contributed by atoms with Gasteiger partial charge in [0.1, 0.15) is 0 Å². The molecule has 0 bridgehead atoms. The normalized spacial score (nSPS) is 16.7. The first kappa shape index (κ1) is 14.2. The minimum Gasteiger partial charge on any atom is -0.376 e. The first-order chi connectivity index (χ1) is 10.2. The minimum absolute atomic E-state index is 0.319. The maximum atomic E-state index is 6.05. The van der Waals surface area contributed by atoms with Gasteiger partial charge in [0.15, 0.2) is 5.82 Å². The third-order valence-corrected chi connectivity index (χ3v) is 3.98. The van der Waals surface area contributed by atoms with Gasteiger partial charge in [0.2, 0.25) is 5.89 Å². The molecule has 1 atom stereocenters. The molecule has 1 aliphatic carbocycles. The molecule has 1 aromatic carbocycles. The van der Waals surface area contributed by atoms with Crippen LogP contribution in [0.4, 0.5) is 0 Å². The fourth-order valence-corrected chi connectivity index (χ4v) is 2.31. The van der Waals surface area contributed by atoms with E-state index in [0.717, 1.165) is 12.8 Å². The van der Waals surface area contributed by atoms with E-state index in [1.807, 2.05) is 12.1 Å². The van der Waals surface area contributed by atoms with Gasteiger partial charge in [-0.05, 0) is 37.3 Å². The Labute approximate surface area is 124 Å². The van der Waals surface area contributed by atoms with Gasteiger partial charge >= 0.3 is 0 Å². The van der Waals surface area contributed by atoms with Gasteiger partial charge in [0.05, 0.1) is 25.2 Å². The molecule has 0 aliphatic heterocycles. The van der Waals surface area contributed by atoms with Crippen LogP contribution in [-0.4, -0.2) is 22.9 Å². The number of aromatic nitrogens is 2. The molecule has 2 aromatic rings. The van der Waals surface area contributed by atoms with Gasteiger partial charge in [-0.15, -0.1) is 0 Å². The summed E-state index contributed by atoms with van der Waals surface area (Å²) >= 11 is 0. The SMILES string of the molecule is Cc1ccccc1Cc1nc(C(N)COC2CCC2)no1. The van der Waals surface area contributed by atoms with Gasteiger partial charge in [0, 0.05) is 0 Å². The van der Waals surface area contributed by atoms with Crippen LogP contribution in [0, 0.1) is 6.92 Å². The lowest BCUT2D eigenvalue weighted by Crippen LogP contribution is -2.27. The molecule has 1 aromatic heterocycles. The van der Waals surface area contributed by atoms with E-state index in [2.05, 4.69) is 29.2 Å². The Kier molecular flexibility index (Phi) is 4.31. The highest BCUT2D eigenvalue weighted by Crippen LogP contribution is 2.23. The maximum Gasteiger partial charge on any atom is 0.231 e. The highest BCUT2D eigenvalue weighted by Gasteiger charge is 2.21. The Morgan fingerprint density at radius 1 is 1.38 bits per heavy atom. The highest BCUT2D eigenvalue weighted by molar-refractivity contribution is 5.27. The zero-order valence-corrected chi connectivity index (χ0v) is 12.3. The third-order valence-electron chi connectivity index (χ3n) is 3.98. The number of benzene rings is 1. The predicted molar refractivity (Wildman–Crippen MR) is 78.8 cm³/mol. The molecule has 1 fully saturated rings. The number of hydrogen-bond donors (Lipinski definition) is 1. The second-order valence-electron chi connectivity index (χ2n) is 5.64. The lowest BCUT2D eigenvalue weighted by atomic mass is 9.96. The molecule has 5 heteroatoms. The van der Waals surface area contributed by atoms with Crippen molar-refractivity contribution in [1.82, 2.24) is 10.1 Å². The third kappa shape index (κ3) is 3.49. The smallest absolute Gasteiger partial charge is 0.231 e. The molecule has 112 valence electrons. The summed E-state index contributed by atoms with van der Waals surface area (Å²) in [5.74, 6) is 1.12. The summed E-state index contributed by atoms with van der Waals surface area (Å²) in [6.45, 7) is 2.53. The number of nitrogens with zero attached hydrogens (tertiary/aromatic N) is 2. The standard InChI is InChI=1S/C16H21N3O2/c1-11-5-2-3-6-12(11)9-15-18-16(19-21-15)14(17)10-20-13-7-4-8-13/h2-3,5-6,13-14H,4,7-10,17H2,1H3. The first-order valence-corrected chi connectivity index (χ1v) is 7.46. The summed E-state index contributed by atoms with van der Waals surface area (Å²) in [5.41, 5.74) is 8.45. The second kappa shape index (κ2) is 6.37. The average Bonchev–Trinajstić information content (AvgIpc) is 2.88. The summed E-state index contributed by atoms with van der Waals surface area (Å²) < 4.78 is 11.0. The number of aryl methyl sites for hydroxylation is 1. The van der Waals surface area contributed by atoms with Crippen molar-refractivity contribution in [2.24, 2.45) is 5.73 Å². The molecule has 1 aliphatic rings. The highest BCUT2D eigenvalue weighted by atomic mass is 16.5. The Balaban J connectivity index is 1.58. The van der Waals surface area contributed by atoms with E-state index in [0.29, 0.717) is 30.8 Å². The van der Waals surface area contributed by atoms with Gasteiger partial charge in [-0.25, -0.2) is 0 Å². The Morgan fingerprint density at radius 3 is 2.90 bits per heavy atom. The summed E-state index contributed by atoms with van der Waals surface area (Å²) in [4.78, 5) is 4.39. The largest absolute Gasteiger partial charge is 0.376 e. The Morgan fingerprint density at radius 2 is 2.19 bits per heavy atom. The molecule has 0 saturated heterocycles. The number of hydrogen-bond acceptors (Lipinski definition) is 5. The van der Waals surface area contributed by atoms with E-state index in [4.69, 9.17) is 15.0 Å². The molecule has 21 heavy (non-hydrogen) atoms. The van der Waals surface area contributed by atoms with Crippen molar-refractivity contribution in [2.45, 2.75) is 44.8 Å². The molecule has 0 amide bonds. The van der Waals surface area contributed by atoms with Gasteiger partial charge in [-0.1, -0.05) is 29.4 Å². The Bertz CT molecular complexity index is 593.